The van der Waals surface area contributed by atoms with Crippen LogP contribution in [0.2, 0.25) is 0 Å². The number of esters is 1. The van der Waals surface area contributed by atoms with Gasteiger partial charge in [-0.05, 0) is 24.6 Å². The van der Waals surface area contributed by atoms with Gasteiger partial charge in [0.2, 0.25) is 13.1 Å². The molecule has 2 N–H and O–H groups in total. The molecule has 19 heavy (non-hydrogen) atoms. The monoisotopic (exact) mass is 264 g/mol. The highest BCUT2D eigenvalue weighted by atomic mass is 16.7. The van der Waals surface area contributed by atoms with Crippen molar-refractivity contribution in [3.63, 3.8) is 0 Å². The summed E-state index contributed by atoms with van der Waals surface area (Å²) in [5, 5.41) is 20.2. The van der Waals surface area contributed by atoms with Crippen molar-refractivity contribution < 1.29 is 29.2 Å². The quantitative estimate of drug-likeness (QED) is 0.753. The van der Waals surface area contributed by atoms with Crippen molar-refractivity contribution in [2.75, 3.05) is 6.79 Å². The number of aliphatic hydroxyl groups excluding tert-OH is 1. The molecule has 0 amide bonds. The second kappa shape index (κ2) is 3.97. The zero-order valence-electron chi connectivity index (χ0n) is 10.1. The second-order valence-corrected chi connectivity index (χ2v) is 4.53. The Labute approximate surface area is 108 Å². The van der Waals surface area contributed by atoms with Gasteiger partial charge in [-0.3, -0.25) is 0 Å². The van der Waals surface area contributed by atoms with E-state index < -0.39 is 17.9 Å². The molecule has 3 rings (SSSR count). The highest BCUT2D eigenvalue weighted by Crippen LogP contribution is 2.40. The first-order valence-corrected chi connectivity index (χ1v) is 5.72. The summed E-state index contributed by atoms with van der Waals surface area (Å²) in [5.74, 6) is 0.425. The molecule has 0 saturated heterocycles. The lowest BCUT2D eigenvalue weighted by molar-refractivity contribution is -0.152. The molecule has 0 bridgehead atoms. The minimum atomic E-state index is -1.54. The molecule has 6 heteroatoms. The van der Waals surface area contributed by atoms with E-state index in [0.717, 1.165) is 6.08 Å². The van der Waals surface area contributed by atoms with Crippen LogP contribution in [0, 0.1) is 0 Å². The zero-order valence-corrected chi connectivity index (χ0v) is 10.1. The summed E-state index contributed by atoms with van der Waals surface area (Å²) in [6.07, 6.45) is -0.345. The van der Waals surface area contributed by atoms with Gasteiger partial charge in [-0.15, -0.1) is 0 Å². The van der Waals surface area contributed by atoms with E-state index in [1.807, 2.05) is 0 Å². The van der Waals surface area contributed by atoms with Gasteiger partial charge in [-0.2, -0.15) is 0 Å². The fourth-order valence-electron chi connectivity index (χ4n) is 2.15. The molecule has 0 aliphatic carbocycles. The molecule has 0 fully saturated rings. The Kier molecular flexibility index (Phi) is 2.51. The molecule has 2 heterocycles. The van der Waals surface area contributed by atoms with Crippen LogP contribution in [0.5, 0.6) is 11.5 Å². The molecule has 2 atom stereocenters. The van der Waals surface area contributed by atoms with Crippen LogP contribution >= 0.6 is 0 Å². The SMILES string of the molecule is CC(O)(C1=CC(=O)OC1O)c1ccc2c(c1)OCO2. The fourth-order valence-corrected chi connectivity index (χ4v) is 2.15. The van der Waals surface area contributed by atoms with Crippen LogP contribution in [-0.2, 0) is 15.1 Å². The van der Waals surface area contributed by atoms with Gasteiger partial charge in [-0.1, -0.05) is 6.07 Å². The van der Waals surface area contributed by atoms with Crippen LogP contribution in [0.15, 0.2) is 29.8 Å². The number of rotatable bonds is 2. The van der Waals surface area contributed by atoms with Crippen molar-refractivity contribution in [2.24, 2.45) is 0 Å². The zero-order chi connectivity index (χ0) is 13.6. The van der Waals surface area contributed by atoms with Gasteiger partial charge in [0.15, 0.2) is 11.5 Å². The molecule has 6 nitrogen and oxygen atoms in total. The number of ether oxygens (including phenoxy) is 3. The Hall–Kier alpha value is -2.05. The molecule has 0 spiro atoms. The average molecular weight is 264 g/mol. The average Bonchev–Trinajstić information content (AvgIpc) is 2.94. The molecular formula is C13H12O6. The summed E-state index contributed by atoms with van der Waals surface area (Å²) in [7, 11) is 0. The Morgan fingerprint density at radius 2 is 2.05 bits per heavy atom. The van der Waals surface area contributed by atoms with Crippen LogP contribution in [0.1, 0.15) is 12.5 Å². The molecule has 2 unspecified atom stereocenters. The van der Waals surface area contributed by atoms with E-state index in [-0.39, 0.29) is 12.4 Å². The summed E-state index contributed by atoms with van der Waals surface area (Å²) < 4.78 is 15.0. The summed E-state index contributed by atoms with van der Waals surface area (Å²) >= 11 is 0. The first kappa shape index (κ1) is 12.0. The van der Waals surface area contributed by atoms with Crippen LogP contribution in [-0.4, -0.2) is 29.3 Å². The lowest BCUT2D eigenvalue weighted by Crippen LogP contribution is -2.30. The number of cyclic esters (lactones) is 1. The predicted octanol–water partition coefficient (Wildman–Crippen LogP) is 0.424. The molecular weight excluding hydrogens is 252 g/mol. The molecule has 1 aromatic rings. The normalized spacial score (nSPS) is 23.8. The van der Waals surface area contributed by atoms with E-state index in [1.165, 1.54) is 6.92 Å². The third-order valence-corrected chi connectivity index (χ3v) is 3.26. The Bertz CT molecular complexity index is 574. The number of benzene rings is 1. The van der Waals surface area contributed by atoms with Crippen molar-refractivity contribution in [1.29, 1.82) is 0 Å². The summed E-state index contributed by atoms with van der Waals surface area (Å²) in [4.78, 5) is 11.1. The van der Waals surface area contributed by atoms with Crippen LogP contribution in [0.4, 0.5) is 0 Å². The minimum Gasteiger partial charge on any atom is -0.454 e. The van der Waals surface area contributed by atoms with E-state index in [4.69, 9.17) is 9.47 Å². The van der Waals surface area contributed by atoms with Crippen LogP contribution in [0.25, 0.3) is 0 Å². The summed E-state index contributed by atoms with van der Waals surface area (Å²) in [6.45, 7) is 1.61. The fraction of sp³-hybridized carbons (Fsp3) is 0.308. The standard InChI is InChI=1S/C13H12O6/c1-13(16,8-5-11(14)19-12(8)15)7-2-3-9-10(4-7)18-6-17-9/h2-5,12,15-16H,6H2,1H3. The molecule has 0 aromatic heterocycles. The molecule has 2 aliphatic heterocycles. The second-order valence-electron chi connectivity index (χ2n) is 4.53. The molecule has 0 radical (unpaired) electrons. The maximum atomic E-state index is 11.1. The lowest BCUT2D eigenvalue weighted by atomic mass is 9.87. The highest BCUT2D eigenvalue weighted by Gasteiger charge is 2.39. The van der Waals surface area contributed by atoms with Gasteiger partial charge in [0.1, 0.15) is 5.60 Å². The summed E-state index contributed by atoms with van der Waals surface area (Å²) in [6, 6.07) is 4.92. The van der Waals surface area contributed by atoms with Gasteiger partial charge >= 0.3 is 5.97 Å². The maximum absolute atomic E-state index is 11.1. The van der Waals surface area contributed by atoms with E-state index in [0.29, 0.717) is 17.1 Å². The van der Waals surface area contributed by atoms with Crippen LogP contribution in [0.3, 0.4) is 0 Å². The van der Waals surface area contributed by atoms with Crippen molar-refractivity contribution >= 4 is 5.97 Å². The van der Waals surface area contributed by atoms with E-state index in [1.54, 1.807) is 18.2 Å². The number of hydrogen-bond acceptors (Lipinski definition) is 6. The van der Waals surface area contributed by atoms with Crippen molar-refractivity contribution in [2.45, 2.75) is 18.8 Å². The van der Waals surface area contributed by atoms with E-state index in [2.05, 4.69) is 4.74 Å². The van der Waals surface area contributed by atoms with Crippen molar-refractivity contribution in [3.05, 3.63) is 35.4 Å². The Morgan fingerprint density at radius 1 is 1.32 bits per heavy atom. The molecule has 2 aliphatic rings. The van der Waals surface area contributed by atoms with Gasteiger partial charge < -0.3 is 24.4 Å². The van der Waals surface area contributed by atoms with Gasteiger partial charge in [-0.25, -0.2) is 4.79 Å². The first-order valence-electron chi connectivity index (χ1n) is 5.72. The number of fused-ring (bicyclic) bond motifs is 1. The largest absolute Gasteiger partial charge is 0.454 e. The predicted molar refractivity (Wildman–Crippen MR) is 62.3 cm³/mol. The Morgan fingerprint density at radius 3 is 2.74 bits per heavy atom. The van der Waals surface area contributed by atoms with Gasteiger partial charge in [0.25, 0.3) is 0 Å². The number of hydrogen-bond donors (Lipinski definition) is 2. The minimum absolute atomic E-state index is 0.0939. The first-order chi connectivity index (χ1) is 8.98. The smallest absolute Gasteiger partial charge is 0.333 e. The molecule has 100 valence electrons. The molecule has 0 saturated carbocycles. The topological polar surface area (TPSA) is 85.2 Å². The van der Waals surface area contributed by atoms with Crippen LogP contribution < -0.4 is 9.47 Å². The van der Waals surface area contributed by atoms with Crippen molar-refractivity contribution in [1.82, 2.24) is 0 Å². The highest BCUT2D eigenvalue weighted by molar-refractivity contribution is 5.86. The lowest BCUT2D eigenvalue weighted by Gasteiger charge is -2.26. The van der Waals surface area contributed by atoms with E-state index >= 15 is 0 Å². The maximum Gasteiger partial charge on any atom is 0.333 e. The molecule has 1 aromatic carbocycles. The number of carbonyl (C=O) groups excluding carboxylic acids is 1. The van der Waals surface area contributed by atoms with Gasteiger partial charge in [0, 0.05) is 11.6 Å². The van der Waals surface area contributed by atoms with Gasteiger partial charge in [0.05, 0.1) is 0 Å². The Balaban J connectivity index is 2.00. The van der Waals surface area contributed by atoms with E-state index in [9.17, 15) is 15.0 Å². The number of aliphatic hydroxyl groups is 2. The number of carbonyl (C=O) groups is 1. The third kappa shape index (κ3) is 1.85. The third-order valence-electron chi connectivity index (χ3n) is 3.26. The van der Waals surface area contributed by atoms with Crippen molar-refractivity contribution in [3.8, 4) is 11.5 Å². The summed E-state index contributed by atoms with van der Waals surface area (Å²) in [5.41, 5.74) is -0.969.